The van der Waals surface area contributed by atoms with Gasteiger partial charge >= 0.3 is 5.97 Å². The normalized spacial score (nSPS) is 16.2. The van der Waals surface area contributed by atoms with Crippen molar-refractivity contribution in [3.8, 4) is 10.6 Å². The molecule has 1 amide bonds. The Morgan fingerprint density at radius 3 is 2.81 bits per heavy atom. The van der Waals surface area contributed by atoms with Crippen LogP contribution in [0.15, 0.2) is 29.6 Å². The first-order chi connectivity index (χ1) is 12.5. The zero-order chi connectivity index (χ0) is 18.6. The summed E-state index contributed by atoms with van der Waals surface area (Å²) in [4.78, 5) is 28.0. The lowest BCUT2D eigenvalue weighted by Gasteiger charge is -2.36. The molecule has 2 N–H and O–H groups in total. The van der Waals surface area contributed by atoms with E-state index in [0.717, 1.165) is 0 Å². The molecule has 0 aliphatic carbocycles. The molecule has 1 saturated heterocycles. The molecule has 1 aromatic carbocycles. The van der Waals surface area contributed by atoms with E-state index in [9.17, 15) is 14.0 Å². The van der Waals surface area contributed by atoms with Crippen LogP contribution in [0.5, 0.6) is 0 Å². The van der Waals surface area contributed by atoms with Gasteiger partial charge in [-0.05, 0) is 25.0 Å². The zero-order valence-electron chi connectivity index (χ0n) is 14.0. The SMILES string of the molecule is O=C(O)CC1(NC(=O)Cc2csc(-c3cccc(F)c3)n2)CCOCC1. The first kappa shape index (κ1) is 18.5. The molecule has 138 valence electrons. The smallest absolute Gasteiger partial charge is 0.305 e. The first-order valence-electron chi connectivity index (χ1n) is 8.27. The summed E-state index contributed by atoms with van der Waals surface area (Å²) >= 11 is 1.34. The molecular weight excluding hydrogens is 359 g/mol. The molecule has 3 rings (SSSR count). The number of carbonyl (C=O) groups is 2. The van der Waals surface area contributed by atoms with E-state index >= 15 is 0 Å². The molecule has 0 spiro atoms. The molecule has 8 heteroatoms. The molecule has 1 fully saturated rings. The number of nitrogens with one attached hydrogen (secondary N) is 1. The van der Waals surface area contributed by atoms with Crippen LogP contribution in [0.4, 0.5) is 4.39 Å². The van der Waals surface area contributed by atoms with Gasteiger partial charge in [0.05, 0.1) is 24.1 Å². The highest BCUT2D eigenvalue weighted by atomic mass is 32.1. The molecule has 0 unspecified atom stereocenters. The van der Waals surface area contributed by atoms with Crippen LogP contribution >= 0.6 is 11.3 Å². The Hall–Kier alpha value is -2.32. The van der Waals surface area contributed by atoms with Crippen LogP contribution in [0.2, 0.25) is 0 Å². The minimum Gasteiger partial charge on any atom is -0.481 e. The number of halogens is 1. The summed E-state index contributed by atoms with van der Waals surface area (Å²) in [5.41, 5.74) is 0.459. The fourth-order valence-electron chi connectivity index (χ4n) is 3.04. The molecule has 1 aliphatic heterocycles. The molecule has 0 radical (unpaired) electrons. The van der Waals surface area contributed by atoms with E-state index in [1.165, 1.54) is 23.5 Å². The van der Waals surface area contributed by atoms with Gasteiger partial charge in [-0.1, -0.05) is 12.1 Å². The maximum atomic E-state index is 13.3. The second kappa shape index (κ2) is 7.92. The van der Waals surface area contributed by atoms with Crippen molar-refractivity contribution in [1.29, 1.82) is 0 Å². The van der Waals surface area contributed by atoms with E-state index in [1.807, 2.05) is 0 Å². The second-order valence-electron chi connectivity index (χ2n) is 6.34. The van der Waals surface area contributed by atoms with E-state index in [1.54, 1.807) is 17.5 Å². The van der Waals surface area contributed by atoms with Crippen molar-refractivity contribution in [3.63, 3.8) is 0 Å². The molecule has 6 nitrogen and oxygen atoms in total. The van der Waals surface area contributed by atoms with Crippen molar-refractivity contribution in [2.24, 2.45) is 0 Å². The van der Waals surface area contributed by atoms with Gasteiger partial charge in [-0.2, -0.15) is 0 Å². The fourth-order valence-corrected chi connectivity index (χ4v) is 3.86. The Bertz CT molecular complexity index is 802. The number of thiazole rings is 1. The Morgan fingerprint density at radius 2 is 2.12 bits per heavy atom. The number of hydrogen-bond donors (Lipinski definition) is 2. The van der Waals surface area contributed by atoms with Gasteiger partial charge in [-0.25, -0.2) is 9.37 Å². The maximum Gasteiger partial charge on any atom is 0.305 e. The summed E-state index contributed by atoms with van der Waals surface area (Å²) in [7, 11) is 0. The number of nitrogens with zero attached hydrogens (tertiary/aromatic N) is 1. The van der Waals surface area contributed by atoms with Gasteiger partial charge in [-0.15, -0.1) is 11.3 Å². The van der Waals surface area contributed by atoms with E-state index in [4.69, 9.17) is 9.84 Å². The van der Waals surface area contributed by atoms with Gasteiger partial charge in [0.1, 0.15) is 10.8 Å². The largest absolute Gasteiger partial charge is 0.481 e. The quantitative estimate of drug-likeness (QED) is 0.807. The Balaban J connectivity index is 1.67. The molecular formula is C18H19FN2O4S. The number of carbonyl (C=O) groups excluding carboxylic acids is 1. The Labute approximate surface area is 154 Å². The topological polar surface area (TPSA) is 88.5 Å². The molecule has 2 aromatic rings. The van der Waals surface area contributed by atoms with Gasteiger partial charge in [0.15, 0.2) is 0 Å². The van der Waals surface area contributed by atoms with Crippen molar-refractivity contribution in [3.05, 3.63) is 41.2 Å². The van der Waals surface area contributed by atoms with Crippen LogP contribution in [0.3, 0.4) is 0 Å². The van der Waals surface area contributed by atoms with Crippen LogP contribution in [-0.4, -0.2) is 40.7 Å². The molecule has 1 aliphatic rings. The lowest BCUT2D eigenvalue weighted by Crippen LogP contribution is -2.53. The van der Waals surface area contributed by atoms with Gasteiger partial charge in [0.25, 0.3) is 0 Å². The van der Waals surface area contributed by atoms with Crippen molar-refractivity contribution >= 4 is 23.2 Å². The first-order valence-corrected chi connectivity index (χ1v) is 9.15. The van der Waals surface area contributed by atoms with Crippen molar-refractivity contribution in [2.75, 3.05) is 13.2 Å². The van der Waals surface area contributed by atoms with Gasteiger partial charge in [0.2, 0.25) is 5.91 Å². The summed E-state index contributed by atoms with van der Waals surface area (Å²) in [6, 6.07) is 6.13. The molecule has 0 bridgehead atoms. The zero-order valence-corrected chi connectivity index (χ0v) is 14.9. The highest BCUT2D eigenvalue weighted by molar-refractivity contribution is 7.13. The number of rotatable bonds is 6. The number of carboxylic acid groups (broad SMARTS) is 1. The average molecular weight is 378 g/mol. The van der Waals surface area contributed by atoms with E-state index < -0.39 is 11.5 Å². The summed E-state index contributed by atoms with van der Waals surface area (Å²) in [5, 5.41) is 14.4. The minimum atomic E-state index is -0.950. The van der Waals surface area contributed by atoms with Crippen LogP contribution in [-0.2, 0) is 20.7 Å². The lowest BCUT2D eigenvalue weighted by atomic mass is 9.86. The van der Waals surface area contributed by atoms with E-state index in [0.29, 0.717) is 42.3 Å². The summed E-state index contributed by atoms with van der Waals surface area (Å²) in [6.07, 6.45) is 0.856. The molecule has 1 aromatic heterocycles. The third-order valence-corrected chi connectivity index (χ3v) is 5.25. The number of aromatic nitrogens is 1. The second-order valence-corrected chi connectivity index (χ2v) is 7.20. The Morgan fingerprint density at radius 1 is 1.35 bits per heavy atom. The van der Waals surface area contributed by atoms with Gasteiger partial charge in [-0.3, -0.25) is 9.59 Å². The summed E-state index contributed by atoms with van der Waals surface area (Å²) in [6.45, 7) is 0.849. The number of ether oxygens (including phenoxy) is 1. The summed E-state index contributed by atoms with van der Waals surface area (Å²) in [5.74, 6) is -1.56. The van der Waals surface area contributed by atoms with E-state index in [-0.39, 0.29) is 24.6 Å². The maximum absolute atomic E-state index is 13.3. The van der Waals surface area contributed by atoms with E-state index in [2.05, 4.69) is 10.3 Å². The summed E-state index contributed by atoms with van der Waals surface area (Å²) < 4.78 is 18.6. The predicted octanol–water partition coefficient (Wildman–Crippen LogP) is 2.63. The number of benzene rings is 1. The highest BCUT2D eigenvalue weighted by Crippen LogP contribution is 2.26. The number of aliphatic carboxylic acids is 1. The number of amides is 1. The van der Waals surface area contributed by atoms with Crippen LogP contribution < -0.4 is 5.32 Å². The number of carboxylic acids is 1. The van der Waals surface area contributed by atoms with Gasteiger partial charge in [0, 0.05) is 24.2 Å². The number of hydrogen-bond acceptors (Lipinski definition) is 5. The monoisotopic (exact) mass is 378 g/mol. The van der Waals surface area contributed by atoms with Crippen LogP contribution in [0.25, 0.3) is 10.6 Å². The lowest BCUT2D eigenvalue weighted by molar-refractivity contribution is -0.140. The molecule has 26 heavy (non-hydrogen) atoms. The molecule has 0 saturated carbocycles. The Kier molecular flexibility index (Phi) is 5.63. The van der Waals surface area contributed by atoms with Gasteiger partial charge < -0.3 is 15.2 Å². The third kappa shape index (κ3) is 4.64. The third-order valence-electron chi connectivity index (χ3n) is 4.31. The van der Waals surface area contributed by atoms with Crippen molar-refractivity contribution < 1.29 is 23.8 Å². The van der Waals surface area contributed by atoms with Crippen LogP contribution in [0.1, 0.15) is 25.0 Å². The fraction of sp³-hybridized carbons (Fsp3) is 0.389. The minimum absolute atomic E-state index is 0.0496. The highest BCUT2D eigenvalue weighted by Gasteiger charge is 2.36. The molecule has 2 heterocycles. The average Bonchev–Trinajstić information content (AvgIpc) is 3.03. The standard InChI is InChI=1S/C18H19FN2O4S/c19-13-3-1-2-12(8-13)17-20-14(11-26-17)9-15(22)21-18(10-16(23)24)4-6-25-7-5-18/h1-3,8,11H,4-7,9-10H2,(H,21,22)(H,23,24). The predicted molar refractivity (Wildman–Crippen MR) is 94.4 cm³/mol. The van der Waals surface area contributed by atoms with Crippen molar-refractivity contribution in [2.45, 2.75) is 31.2 Å². The van der Waals surface area contributed by atoms with Crippen molar-refractivity contribution in [1.82, 2.24) is 10.3 Å². The molecule has 0 atom stereocenters. The van der Waals surface area contributed by atoms with Crippen LogP contribution in [0, 0.1) is 5.82 Å².